The molecule has 6 heteroatoms. The van der Waals surface area contributed by atoms with Crippen molar-refractivity contribution in [3.8, 4) is 5.75 Å². The first kappa shape index (κ1) is 19.0. The summed E-state index contributed by atoms with van der Waals surface area (Å²) in [5, 5.41) is 20.7. The molecule has 1 atom stereocenters. The first-order valence-electron chi connectivity index (χ1n) is 8.30. The van der Waals surface area contributed by atoms with Crippen LogP contribution in [0, 0.1) is 21.4 Å². The minimum absolute atomic E-state index is 0.209. The summed E-state index contributed by atoms with van der Waals surface area (Å²) in [5.41, 5.74) is 0.547. The van der Waals surface area contributed by atoms with Crippen molar-refractivity contribution >= 4 is 17.2 Å². The van der Waals surface area contributed by atoms with Crippen LogP contribution < -0.4 is 0 Å². The third-order valence-electron chi connectivity index (χ3n) is 4.42. The van der Waals surface area contributed by atoms with Crippen molar-refractivity contribution < 1.29 is 19.6 Å². The Morgan fingerprint density at radius 1 is 1.36 bits per heavy atom. The monoisotopic (exact) mass is 347 g/mol. The van der Waals surface area contributed by atoms with E-state index in [1.807, 2.05) is 40.7 Å². The van der Waals surface area contributed by atoms with Gasteiger partial charge < -0.3 is 9.84 Å². The number of phenolic OH excluding ortho intramolecular Hbond substituents is 1. The SMILES string of the molecule is CC(C)(C)OC(=O)C1CC=C(c2ccc([N+](=O)[O-])c(O)c2)CC1(C)C. The number of hydrogen-bond acceptors (Lipinski definition) is 5. The van der Waals surface area contributed by atoms with Crippen LogP contribution in [-0.4, -0.2) is 21.6 Å². The van der Waals surface area contributed by atoms with Crippen LogP contribution in [0.5, 0.6) is 5.75 Å². The maximum atomic E-state index is 12.5. The van der Waals surface area contributed by atoms with Gasteiger partial charge in [0.1, 0.15) is 5.60 Å². The number of hydrogen-bond donors (Lipinski definition) is 1. The summed E-state index contributed by atoms with van der Waals surface area (Å²) >= 11 is 0. The summed E-state index contributed by atoms with van der Waals surface area (Å²) in [7, 11) is 0. The largest absolute Gasteiger partial charge is 0.502 e. The number of nitrogens with zero attached hydrogens (tertiary/aromatic N) is 1. The van der Waals surface area contributed by atoms with Crippen molar-refractivity contribution in [1.29, 1.82) is 0 Å². The van der Waals surface area contributed by atoms with E-state index in [2.05, 4.69) is 0 Å². The zero-order valence-corrected chi connectivity index (χ0v) is 15.3. The second-order valence-corrected chi connectivity index (χ2v) is 8.18. The van der Waals surface area contributed by atoms with Gasteiger partial charge in [-0.15, -0.1) is 0 Å². The fourth-order valence-electron chi connectivity index (χ4n) is 3.15. The quantitative estimate of drug-likeness (QED) is 0.495. The highest BCUT2D eigenvalue weighted by Crippen LogP contribution is 2.45. The lowest BCUT2D eigenvalue weighted by atomic mass is 9.68. The molecule has 1 aliphatic rings. The zero-order valence-electron chi connectivity index (χ0n) is 15.3. The Labute approximate surface area is 147 Å². The number of nitro benzene ring substituents is 1. The molecular weight excluding hydrogens is 322 g/mol. The fraction of sp³-hybridized carbons (Fsp3) is 0.526. The number of aromatic hydroxyl groups is 1. The lowest BCUT2D eigenvalue weighted by Gasteiger charge is -2.38. The summed E-state index contributed by atoms with van der Waals surface area (Å²) in [4.78, 5) is 22.7. The van der Waals surface area contributed by atoms with Crippen LogP contribution >= 0.6 is 0 Å². The molecule has 1 N–H and O–H groups in total. The molecule has 0 radical (unpaired) electrons. The molecule has 0 amide bonds. The summed E-state index contributed by atoms with van der Waals surface area (Å²) in [6.45, 7) is 9.57. The number of rotatable bonds is 3. The van der Waals surface area contributed by atoms with Crippen LogP contribution in [0.1, 0.15) is 53.0 Å². The van der Waals surface area contributed by atoms with Crippen molar-refractivity contribution in [2.45, 2.75) is 53.1 Å². The fourth-order valence-corrected chi connectivity index (χ4v) is 3.15. The first-order chi connectivity index (χ1) is 11.4. The van der Waals surface area contributed by atoms with Crippen LogP contribution in [0.25, 0.3) is 5.57 Å². The predicted octanol–water partition coefficient (Wildman–Crippen LogP) is 4.46. The van der Waals surface area contributed by atoms with E-state index < -0.39 is 10.5 Å². The minimum Gasteiger partial charge on any atom is -0.502 e. The second-order valence-electron chi connectivity index (χ2n) is 8.18. The molecule has 6 nitrogen and oxygen atoms in total. The minimum atomic E-state index is -0.614. The number of carbonyl (C=O) groups is 1. The van der Waals surface area contributed by atoms with E-state index in [0.29, 0.717) is 12.8 Å². The van der Waals surface area contributed by atoms with Gasteiger partial charge in [-0.25, -0.2) is 0 Å². The lowest BCUT2D eigenvalue weighted by molar-refractivity contribution is -0.385. The topological polar surface area (TPSA) is 89.7 Å². The molecule has 0 fully saturated rings. The lowest BCUT2D eigenvalue weighted by Crippen LogP contribution is -2.38. The number of nitro groups is 1. The number of benzene rings is 1. The molecule has 0 saturated carbocycles. The number of esters is 1. The molecule has 136 valence electrons. The van der Waals surface area contributed by atoms with Crippen molar-refractivity contribution in [2.24, 2.45) is 11.3 Å². The molecule has 0 bridgehead atoms. The van der Waals surface area contributed by atoms with E-state index in [1.165, 1.54) is 12.1 Å². The summed E-state index contributed by atoms with van der Waals surface area (Å²) in [6, 6.07) is 4.35. The average molecular weight is 347 g/mol. The summed E-state index contributed by atoms with van der Waals surface area (Å²) in [5.74, 6) is -0.808. The average Bonchev–Trinajstić information content (AvgIpc) is 2.43. The Morgan fingerprint density at radius 3 is 2.48 bits per heavy atom. The van der Waals surface area contributed by atoms with Crippen LogP contribution in [0.4, 0.5) is 5.69 Å². The van der Waals surface area contributed by atoms with Crippen molar-refractivity contribution in [3.05, 3.63) is 40.0 Å². The highest BCUT2D eigenvalue weighted by Gasteiger charge is 2.40. The van der Waals surface area contributed by atoms with E-state index >= 15 is 0 Å². The van der Waals surface area contributed by atoms with Gasteiger partial charge in [-0.2, -0.15) is 0 Å². The second kappa shape index (κ2) is 6.50. The van der Waals surface area contributed by atoms with E-state index in [9.17, 15) is 20.0 Å². The van der Waals surface area contributed by atoms with Gasteiger partial charge in [0.05, 0.1) is 10.8 Å². The smallest absolute Gasteiger partial charge is 0.310 e. The first-order valence-corrected chi connectivity index (χ1v) is 8.30. The zero-order chi connectivity index (χ0) is 19.0. The maximum Gasteiger partial charge on any atom is 0.310 e. The number of allylic oxidation sites excluding steroid dienone is 2. The van der Waals surface area contributed by atoms with Crippen molar-refractivity contribution in [1.82, 2.24) is 0 Å². The number of carbonyl (C=O) groups excluding carboxylic acids is 1. The summed E-state index contributed by atoms with van der Waals surface area (Å²) in [6.07, 6.45) is 3.11. The Balaban J connectivity index is 2.25. The molecule has 1 aromatic carbocycles. The van der Waals surface area contributed by atoms with Crippen LogP contribution in [0.3, 0.4) is 0 Å². The molecule has 1 unspecified atom stereocenters. The molecular formula is C19H25NO5. The normalized spacial score (nSPS) is 19.9. The molecule has 1 aromatic rings. The van der Waals surface area contributed by atoms with E-state index in [1.54, 1.807) is 6.07 Å². The van der Waals surface area contributed by atoms with Gasteiger partial charge in [-0.3, -0.25) is 14.9 Å². The van der Waals surface area contributed by atoms with E-state index in [4.69, 9.17) is 4.74 Å². The molecule has 0 spiro atoms. The summed E-state index contributed by atoms with van der Waals surface area (Å²) < 4.78 is 5.53. The predicted molar refractivity (Wildman–Crippen MR) is 95.1 cm³/mol. The third-order valence-corrected chi connectivity index (χ3v) is 4.42. The Morgan fingerprint density at radius 2 is 2.00 bits per heavy atom. The number of ether oxygens (including phenoxy) is 1. The van der Waals surface area contributed by atoms with Crippen molar-refractivity contribution in [2.75, 3.05) is 0 Å². The van der Waals surface area contributed by atoms with E-state index in [-0.39, 0.29) is 28.7 Å². The molecule has 0 saturated heterocycles. The molecule has 0 heterocycles. The number of phenols is 1. The third kappa shape index (κ3) is 4.38. The van der Waals surface area contributed by atoms with Gasteiger partial charge in [-0.1, -0.05) is 19.9 Å². The highest BCUT2D eigenvalue weighted by atomic mass is 16.6. The van der Waals surface area contributed by atoms with Crippen LogP contribution in [0.2, 0.25) is 0 Å². The standard InChI is InChI=1S/C19H25NO5/c1-18(2,3)25-17(22)14-8-6-13(11-19(14,4)5)12-7-9-15(20(23)24)16(21)10-12/h6-7,9-10,14,21H,8,11H2,1-5H3. The Kier molecular flexibility index (Phi) is 4.93. The van der Waals surface area contributed by atoms with E-state index in [0.717, 1.165) is 11.1 Å². The van der Waals surface area contributed by atoms with Crippen molar-refractivity contribution in [3.63, 3.8) is 0 Å². The highest BCUT2D eigenvalue weighted by molar-refractivity contribution is 5.78. The van der Waals surface area contributed by atoms with Gasteiger partial charge in [0.15, 0.2) is 5.75 Å². The van der Waals surface area contributed by atoms with Crippen LogP contribution in [-0.2, 0) is 9.53 Å². The van der Waals surface area contributed by atoms with Gasteiger partial charge in [0.25, 0.3) is 0 Å². The molecule has 0 aliphatic heterocycles. The molecule has 2 rings (SSSR count). The maximum absolute atomic E-state index is 12.5. The van der Waals surface area contributed by atoms with Crippen LogP contribution in [0.15, 0.2) is 24.3 Å². The van der Waals surface area contributed by atoms with Gasteiger partial charge in [-0.05, 0) is 62.3 Å². The Bertz CT molecular complexity index is 728. The Hall–Kier alpha value is -2.37. The molecule has 25 heavy (non-hydrogen) atoms. The van der Waals surface area contributed by atoms with Gasteiger partial charge >= 0.3 is 11.7 Å². The molecule has 1 aliphatic carbocycles. The van der Waals surface area contributed by atoms with Gasteiger partial charge in [0, 0.05) is 6.07 Å². The van der Waals surface area contributed by atoms with Gasteiger partial charge in [0.2, 0.25) is 0 Å². The molecule has 0 aromatic heterocycles.